The number of hydrogen-bond donors (Lipinski definition) is 3. The maximum Gasteiger partial charge on any atom is 0.317 e. The minimum absolute atomic E-state index is 0.125. The number of urea groups is 1. The van der Waals surface area contributed by atoms with Gasteiger partial charge in [-0.15, -0.1) is 0 Å². The number of pyridine rings is 1. The number of aliphatic hydroxyl groups is 2. The number of aromatic nitrogens is 1. The van der Waals surface area contributed by atoms with E-state index in [1.54, 1.807) is 29.8 Å². The van der Waals surface area contributed by atoms with Crippen LogP contribution < -0.4 is 10.1 Å². The molecule has 3 atom stereocenters. The first-order valence-electron chi connectivity index (χ1n) is 12.5. The molecule has 9 nitrogen and oxygen atoms in total. The van der Waals surface area contributed by atoms with Crippen LogP contribution in [0.2, 0.25) is 0 Å². The Balaban J connectivity index is 1.92. The summed E-state index contributed by atoms with van der Waals surface area (Å²) in [6.07, 6.45) is 5.12. The quantitative estimate of drug-likeness (QED) is 0.530. The number of hydrogen-bond acceptors (Lipinski definition) is 6. The van der Waals surface area contributed by atoms with Gasteiger partial charge in [0.2, 0.25) is 5.88 Å². The Morgan fingerprint density at radius 1 is 1.43 bits per heavy atom. The van der Waals surface area contributed by atoms with E-state index in [2.05, 4.69) is 22.1 Å². The van der Waals surface area contributed by atoms with Crippen molar-refractivity contribution in [2.75, 3.05) is 33.3 Å². The highest BCUT2D eigenvalue weighted by Gasteiger charge is 2.35. The minimum atomic E-state index is -0.994. The zero-order valence-electron chi connectivity index (χ0n) is 21.2. The fourth-order valence-corrected chi connectivity index (χ4v) is 4.38. The number of fused-ring (bicyclic) bond motifs is 1. The van der Waals surface area contributed by atoms with Crippen LogP contribution in [0.3, 0.4) is 0 Å². The molecule has 3 amide bonds. The third kappa shape index (κ3) is 6.65. The molecule has 0 aromatic carbocycles. The van der Waals surface area contributed by atoms with Crippen LogP contribution in [0.4, 0.5) is 4.79 Å². The number of nitrogens with one attached hydrogen (secondary N) is 1. The summed E-state index contributed by atoms with van der Waals surface area (Å²) in [5, 5.41) is 23.2. The highest BCUT2D eigenvalue weighted by atomic mass is 16.5. The molecular formula is C26H38N4O5. The first-order valence-corrected chi connectivity index (χ1v) is 12.5. The van der Waals surface area contributed by atoms with E-state index in [4.69, 9.17) is 4.74 Å². The van der Waals surface area contributed by atoms with Gasteiger partial charge in [0.15, 0.2) is 0 Å². The van der Waals surface area contributed by atoms with Crippen LogP contribution in [0.25, 0.3) is 0 Å². The second kappa shape index (κ2) is 11.7. The second-order valence-electron chi connectivity index (χ2n) is 9.80. The molecule has 1 aliphatic carbocycles. The number of ether oxygens (including phenoxy) is 1. The molecule has 9 heteroatoms. The van der Waals surface area contributed by atoms with Crippen molar-refractivity contribution in [1.29, 1.82) is 0 Å². The van der Waals surface area contributed by atoms with Crippen LogP contribution in [0, 0.1) is 17.8 Å². The second-order valence-corrected chi connectivity index (χ2v) is 9.80. The Morgan fingerprint density at radius 3 is 2.80 bits per heavy atom. The van der Waals surface area contributed by atoms with Crippen molar-refractivity contribution in [3.05, 3.63) is 23.4 Å². The maximum atomic E-state index is 13.5. The van der Waals surface area contributed by atoms with E-state index in [1.807, 2.05) is 13.8 Å². The third-order valence-electron chi connectivity index (χ3n) is 6.72. The highest BCUT2D eigenvalue weighted by Crippen LogP contribution is 2.30. The van der Waals surface area contributed by atoms with Crippen LogP contribution in [0.5, 0.6) is 5.88 Å². The lowest BCUT2D eigenvalue weighted by molar-refractivity contribution is 0.0352. The largest absolute Gasteiger partial charge is 0.472 e. The average Bonchev–Trinajstić information content (AvgIpc) is 3.29. The van der Waals surface area contributed by atoms with Crippen LogP contribution in [0.1, 0.15) is 68.8 Å². The first-order chi connectivity index (χ1) is 16.7. The molecule has 2 heterocycles. The molecule has 0 bridgehead atoms. The van der Waals surface area contributed by atoms with Gasteiger partial charge in [-0.2, -0.15) is 0 Å². The molecule has 0 radical (unpaired) electrons. The summed E-state index contributed by atoms with van der Waals surface area (Å²) in [7, 11) is 1.71. The van der Waals surface area contributed by atoms with E-state index in [0.29, 0.717) is 38.0 Å². The van der Waals surface area contributed by atoms with E-state index in [9.17, 15) is 19.8 Å². The minimum Gasteiger partial charge on any atom is -0.472 e. The summed E-state index contributed by atoms with van der Waals surface area (Å²) in [6, 6.07) is 1.04. The number of carbonyl (C=O) groups excluding carboxylic acids is 2. The Kier molecular flexibility index (Phi) is 8.98. The van der Waals surface area contributed by atoms with Crippen molar-refractivity contribution >= 4 is 11.9 Å². The van der Waals surface area contributed by atoms with E-state index in [0.717, 1.165) is 19.3 Å². The lowest BCUT2D eigenvalue weighted by Gasteiger charge is -2.37. The summed E-state index contributed by atoms with van der Waals surface area (Å²) in [6.45, 7) is 6.80. The summed E-state index contributed by atoms with van der Waals surface area (Å²) in [5.74, 6) is 5.68. The predicted molar refractivity (Wildman–Crippen MR) is 132 cm³/mol. The average molecular weight is 487 g/mol. The van der Waals surface area contributed by atoms with Crippen molar-refractivity contribution in [2.45, 2.75) is 70.6 Å². The number of rotatable bonds is 6. The van der Waals surface area contributed by atoms with Gasteiger partial charge in [0, 0.05) is 37.8 Å². The molecule has 2 aliphatic rings. The Bertz CT molecular complexity index is 966. The molecule has 0 spiro atoms. The topological polar surface area (TPSA) is 115 Å². The van der Waals surface area contributed by atoms with Gasteiger partial charge >= 0.3 is 6.03 Å². The fourth-order valence-electron chi connectivity index (χ4n) is 4.38. The Labute approximate surface area is 207 Å². The summed E-state index contributed by atoms with van der Waals surface area (Å²) in [5.41, 5.74) is -0.226. The predicted octanol–water partition coefficient (Wildman–Crippen LogP) is 2.01. The SMILES string of the molecule is CCCNC(=O)N(C)C[C@@H]1Oc2ncc(C#CC3(O)CCCC3)cc2C(=O)N([C@H](C)CO)C[C@H]1C. The van der Waals surface area contributed by atoms with Crippen molar-refractivity contribution in [2.24, 2.45) is 5.92 Å². The molecule has 1 saturated carbocycles. The van der Waals surface area contributed by atoms with Gasteiger partial charge in [0.25, 0.3) is 5.91 Å². The molecular weight excluding hydrogens is 448 g/mol. The third-order valence-corrected chi connectivity index (χ3v) is 6.72. The smallest absolute Gasteiger partial charge is 0.317 e. The molecule has 0 saturated heterocycles. The van der Waals surface area contributed by atoms with E-state index < -0.39 is 17.7 Å². The molecule has 1 aromatic heterocycles. The molecule has 3 N–H and O–H groups in total. The van der Waals surface area contributed by atoms with E-state index >= 15 is 0 Å². The standard InChI is InChI=1S/C26H38N4O5/c1-5-12-27-25(33)29(4)16-22-18(2)15-30(19(3)17-31)24(32)21-13-20(14-28-23(21)35-22)8-11-26(34)9-6-7-10-26/h13-14,18-19,22,31,34H,5-7,9-10,12,15-17H2,1-4H3,(H,27,33)/t18-,19-,22+/m1/s1. The zero-order chi connectivity index (χ0) is 25.6. The normalized spacial score (nSPS) is 22.1. The number of aliphatic hydroxyl groups excluding tert-OH is 1. The van der Waals surface area contributed by atoms with Gasteiger partial charge in [0.05, 0.1) is 19.2 Å². The number of nitrogens with zero attached hydrogens (tertiary/aromatic N) is 3. The van der Waals surface area contributed by atoms with Gasteiger partial charge in [-0.1, -0.05) is 25.7 Å². The van der Waals surface area contributed by atoms with E-state index in [-0.39, 0.29) is 35.9 Å². The first kappa shape index (κ1) is 26.8. The highest BCUT2D eigenvalue weighted by molar-refractivity contribution is 5.97. The zero-order valence-corrected chi connectivity index (χ0v) is 21.2. The molecule has 0 unspecified atom stereocenters. The van der Waals surface area contributed by atoms with Crippen molar-refractivity contribution in [3.63, 3.8) is 0 Å². The summed E-state index contributed by atoms with van der Waals surface area (Å²) < 4.78 is 6.22. The maximum absolute atomic E-state index is 13.5. The Morgan fingerprint density at radius 2 is 2.14 bits per heavy atom. The molecule has 3 rings (SSSR count). The Hall–Kier alpha value is -2.83. The van der Waals surface area contributed by atoms with Crippen LogP contribution in [0.15, 0.2) is 12.3 Å². The lowest BCUT2D eigenvalue weighted by Crippen LogP contribution is -2.51. The number of amides is 3. The molecule has 1 aromatic rings. The van der Waals surface area contributed by atoms with Crippen LogP contribution in [-0.4, -0.2) is 88.0 Å². The monoisotopic (exact) mass is 486 g/mol. The molecule has 1 fully saturated rings. The van der Waals surface area contributed by atoms with Gasteiger partial charge in [-0.25, -0.2) is 9.78 Å². The summed E-state index contributed by atoms with van der Waals surface area (Å²) in [4.78, 5) is 33.5. The molecule has 192 valence electrons. The molecule has 1 aliphatic heterocycles. The molecule has 35 heavy (non-hydrogen) atoms. The summed E-state index contributed by atoms with van der Waals surface area (Å²) >= 11 is 0. The van der Waals surface area contributed by atoms with Gasteiger partial charge in [-0.3, -0.25) is 4.79 Å². The number of likely N-dealkylation sites (N-methyl/N-ethyl adjacent to an activating group) is 1. The fraction of sp³-hybridized carbons (Fsp3) is 0.654. The van der Waals surface area contributed by atoms with Gasteiger partial charge < -0.3 is 30.1 Å². The van der Waals surface area contributed by atoms with Crippen LogP contribution >= 0.6 is 0 Å². The van der Waals surface area contributed by atoms with Gasteiger partial charge in [0.1, 0.15) is 17.3 Å². The van der Waals surface area contributed by atoms with E-state index in [1.165, 1.54) is 6.20 Å². The van der Waals surface area contributed by atoms with Crippen LogP contribution in [-0.2, 0) is 0 Å². The lowest BCUT2D eigenvalue weighted by atomic mass is 9.99. The van der Waals surface area contributed by atoms with Gasteiger partial charge in [-0.05, 0) is 45.1 Å². The van der Waals surface area contributed by atoms with Crippen molar-refractivity contribution in [3.8, 4) is 17.7 Å². The number of carbonyl (C=O) groups is 2. The van der Waals surface area contributed by atoms with Crippen molar-refractivity contribution in [1.82, 2.24) is 20.1 Å². The van der Waals surface area contributed by atoms with Crippen molar-refractivity contribution < 1.29 is 24.5 Å².